The molecule has 0 saturated carbocycles. The van der Waals surface area contributed by atoms with Crippen LogP contribution in [0.4, 0.5) is 5.69 Å². The normalized spacial score (nSPS) is 13.0. The summed E-state index contributed by atoms with van der Waals surface area (Å²) in [5.41, 5.74) is 7.55. The molecule has 0 fully saturated rings. The average molecular weight is 278 g/mol. The maximum atomic E-state index is 4.51. The Morgan fingerprint density at radius 1 is 1.19 bits per heavy atom. The molecule has 0 aliphatic heterocycles. The Balaban J connectivity index is 1.63. The maximum Gasteiger partial charge on any atom is 0.0595 e. The van der Waals surface area contributed by atoms with Crippen LogP contribution in [0.1, 0.15) is 42.1 Å². The molecular formula is C19H22N2. The number of fused-ring (bicyclic) bond motifs is 1. The zero-order valence-electron chi connectivity index (χ0n) is 12.7. The van der Waals surface area contributed by atoms with Gasteiger partial charge < -0.3 is 5.32 Å². The first-order valence-corrected chi connectivity index (χ1v) is 7.75. The van der Waals surface area contributed by atoms with Crippen molar-refractivity contribution in [2.75, 3.05) is 5.32 Å². The second kappa shape index (κ2) is 6.13. The highest BCUT2D eigenvalue weighted by Crippen LogP contribution is 2.25. The molecule has 0 radical (unpaired) electrons. The van der Waals surface area contributed by atoms with Gasteiger partial charge in [-0.2, -0.15) is 0 Å². The van der Waals surface area contributed by atoms with E-state index in [1.807, 2.05) is 6.20 Å². The Hall–Kier alpha value is -2.09. The molecule has 21 heavy (non-hydrogen) atoms. The Morgan fingerprint density at radius 3 is 2.81 bits per heavy atom. The average Bonchev–Trinajstić information content (AvgIpc) is 3.00. The molecule has 2 nitrogen and oxygen atoms in total. The van der Waals surface area contributed by atoms with Crippen molar-refractivity contribution in [2.45, 2.75) is 39.2 Å². The van der Waals surface area contributed by atoms with Crippen LogP contribution in [-0.2, 0) is 19.4 Å². The van der Waals surface area contributed by atoms with Gasteiger partial charge in [-0.25, -0.2) is 0 Å². The van der Waals surface area contributed by atoms with Crippen molar-refractivity contribution in [1.29, 1.82) is 0 Å². The molecular weight excluding hydrogens is 256 g/mol. The standard InChI is InChI=1S/C19H22N2/c1-3-14(2)17-8-10-19(20-12-17)13-21-18-9-7-15-5-4-6-16(15)11-18/h7-12,21H,2-6,13H2,1H3. The van der Waals surface area contributed by atoms with E-state index in [0.29, 0.717) is 0 Å². The quantitative estimate of drug-likeness (QED) is 0.864. The summed E-state index contributed by atoms with van der Waals surface area (Å²) in [5, 5.41) is 3.47. The largest absolute Gasteiger partial charge is 0.379 e. The number of nitrogens with one attached hydrogen (secondary N) is 1. The molecule has 1 aliphatic carbocycles. The van der Waals surface area contributed by atoms with E-state index in [-0.39, 0.29) is 0 Å². The SMILES string of the molecule is C=C(CC)c1ccc(CNc2ccc3c(c2)CCC3)nc1. The number of aryl methyl sites for hydroxylation is 2. The fourth-order valence-electron chi connectivity index (χ4n) is 2.82. The number of hydrogen-bond acceptors (Lipinski definition) is 2. The molecule has 1 aliphatic rings. The van der Waals surface area contributed by atoms with E-state index in [9.17, 15) is 0 Å². The van der Waals surface area contributed by atoms with Gasteiger partial charge in [-0.1, -0.05) is 25.6 Å². The van der Waals surface area contributed by atoms with Gasteiger partial charge >= 0.3 is 0 Å². The molecule has 0 unspecified atom stereocenters. The van der Waals surface area contributed by atoms with Crippen LogP contribution in [-0.4, -0.2) is 4.98 Å². The van der Waals surface area contributed by atoms with Crippen LogP contribution in [0, 0.1) is 0 Å². The Morgan fingerprint density at radius 2 is 2.05 bits per heavy atom. The first-order chi connectivity index (χ1) is 10.3. The van der Waals surface area contributed by atoms with E-state index in [0.717, 1.165) is 29.8 Å². The molecule has 0 atom stereocenters. The third-order valence-electron chi connectivity index (χ3n) is 4.23. The van der Waals surface area contributed by atoms with Crippen LogP contribution < -0.4 is 5.32 Å². The summed E-state index contributed by atoms with van der Waals surface area (Å²) in [5.74, 6) is 0. The monoisotopic (exact) mass is 278 g/mol. The van der Waals surface area contributed by atoms with Crippen LogP contribution in [0.25, 0.3) is 5.57 Å². The van der Waals surface area contributed by atoms with Crippen LogP contribution >= 0.6 is 0 Å². The van der Waals surface area contributed by atoms with Crippen molar-refractivity contribution in [1.82, 2.24) is 4.98 Å². The lowest BCUT2D eigenvalue weighted by molar-refractivity contribution is 0.911. The molecule has 1 aromatic heterocycles. The van der Waals surface area contributed by atoms with E-state index in [1.165, 1.54) is 36.1 Å². The number of nitrogens with zero attached hydrogens (tertiary/aromatic N) is 1. The number of hydrogen-bond donors (Lipinski definition) is 1. The maximum absolute atomic E-state index is 4.51. The van der Waals surface area contributed by atoms with Gasteiger partial charge in [-0.15, -0.1) is 0 Å². The van der Waals surface area contributed by atoms with E-state index in [2.05, 4.69) is 54.1 Å². The van der Waals surface area contributed by atoms with Gasteiger partial charge in [0.15, 0.2) is 0 Å². The highest BCUT2D eigenvalue weighted by molar-refractivity contribution is 5.62. The number of rotatable bonds is 5. The van der Waals surface area contributed by atoms with Gasteiger partial charge in [-0.05, 0) is 66.1 Å². The van der Waals surface area contributed by atoms with Crippen molar-refractivity contribution >= 4 is 11.3 Å². The highest BCUT2D eigenvalue weighted by atomic mass is 14.9. The molecule has 108 valence electrons. The van der Waals surface area contributed by atoms with Crippen molar-refractivity contribution < 1.29 is 0 Å². The minimum atomic E-state index is 0.762. The number of benzene rings is 1. The summed E-state index contributed by atoms with van der Waals surface area (Å²) >= 11 is 0. The summed E-state index contributed by atoms with van der Waals surface area (Å²) in [6, 6.07) is 10.9. The molecule has 1 N–H and O–H groups in total. The Bertz CT molecular complexity index is 641. The molecule has 1 heterocycles. The van der Waals surface area contributed by atoms with Crippen LogP contribution in [0.5, 0.6) is 0 Å². The minimum absolute atomic E-state index is 0.762. The van der Waals surface area contributed by atoms with Gasteiger partial charge in [0.25, 0.3) is 0 Å². The van der Waals surface area contributed by atoms with Crippen LogP contribution in [0.3, 0.4) is 0 Å². The molecule has 1 aromatic carbocycles. The number of pyridine rings is 1. The number of aromatic nitrogens is 1. The number of allylic oxidation sites excluding steroid dienone is 1. The second-order valence-electron chi connectivity index (χ2n) is 5.69. The summed E-state index contributed by atoms with van der Waals surface area (Å²) in [6.07, 6.45) is 6.64. The van der Waals surface area contributed by atoms with Crippen LogP contribution in [0.2, 0.25) is 0 Å². The first kappa shape index (κ1) is 13.9. The third-order valence-corrected chi connectivity index (χ3v) is 4.23. The topological polar surface area (TPSA) is 24.9 Å². The van der Waals surface area contributed by atoms with E-state index in [1.54, 1.807) is 0 Å². The lowest BCUT2D eigenvalue weighted by Gasteiger charge is -2.09. The van der Waals surface area contributed by atoms with Gasteiger partial charge in [0.05, 0.1) is 12.2 Å². The van der Waals surface area contributed by atoms with E-state index in [4.69, 9.17) is 0 Å². The summed E-state index contributed by atoms with van der Waals surface area (Å²) < 4.78 is 0. The lowest BCUT2D eigenvalue weighted by Crippen LogP contribution is -2.02. The van der Waals surface area contributed by atoms with E-state index >= 15 is 0 Å². The molecule has 0 saturated heterocycles. The molecule has 0 bridgehead atoms. The van der Waals surface area contributed by atoms with Crippen molar-refractivity contribution in [3.63, 3.8) is 0 Å². The second-order valence-corrected chi connectivity index (χ2v) is 5.69. The van der Waals surface area contributed by atoms with Crippen LogP contribution in [0.15, 0.2) is 43.1 Å². The highest BCUT2D eigenvalue weighted by Gasteiger charge is 2.10. The van der Waals surface area contributed by atoms with Gasteiger partial charge in [0, 0.05) is 11.9 Å². The molecule has 3 rings (SSSR count). The van der Waals surface area contributed by atoms with Crippen molar-refractivity contribution in [3.8, 4) is 0 Å². The zero-order valence-corrected chi connectivity index (χ0v) is 12.7. The Labute approximate surface area is 126 Å². The predicted octanol–water partition coefficient (Wildman–Crippen LogP) is 4.61. The first-order valence-electron chi connectivity index (χ1n) is 7.75. The summed E-state index contributed by atoms with van der Waals surface area (Å²) in [4.78, 5) is 4.51. The fourth-order valence-corrected chi connectivity index (χ4v) is 2.82. The van der Waals surface area contributed by atoms with Crippen molar-refractivity contribution in [2.24, 2.45) is 0 Å². The summed E-state index contributed by atoms with van der Waals surface area (Å²) in [6.45, 7) is 6.92. The molecule has 0 spiro atoms. The third kappa shape index (κ3) is 3.15. The number of anilines is 1. The minimum Gasteiger partial charge on any atom is -0.379 e. The fraction of sp³-hybridized carbons (Fsp3) is 0.316. The predicted molar refractivity (Wildman–Crippen MR) is 89.4 cm³/mol. The van der Waals surface area contributed by atoms with Gasteiger partial charge in [0.1, 0.15) is 0 Å². The van der Waals surface area contributed by atoms with E-state index < -0.39 is 0 Å². The summed E-state index contributed by atoms with van der Waals surface area (Å²) in [7, 11) is 0. The molecule has 2 aromatic rings. The lowest BCUT2D eigenvalue weighted by atomic mass is 10.1. The molecule has 0 amide bonds. The van der Waals surface area contributed by atoms with Gasteiger partial charge in [-0.3, -0.25) is 4.98 Å². The van der Waals surface area contributed by atoms with Gasteiger partial charge in [0.2, 0.25) is 0 Å². The Kier molecular flexibility index (Phi) is 4.05. The molecule has 2 heteroatoms. The van der Waals surface area contributed by atoms with Crippen molar-refractivity contribution in [3.05, 3.63) is 65.5 Å². The zero-order chi connectivity index (χ0) is 14.7. The smallest absolute Gasteiger partial charge is 0.0595 e.